The highest BCUT2D eigenvalue weighted by atomic mass is 35.5. The van der Waals surface area contributed by atoms with E-state index in [1.54, 1.807) is 0 Å². The number of urea groups is 1. The maximum Gasteiger partial charge on any atom is 0.318 e. The topological polar surface area (TPSA) is 32.3 Å². The van der Waals surface area contributed by atoms with Crippen molar-refractivity contribution in [2.75, 3.05) is 13.1 Å². The van der Waals surface area contributed by atoms with Gasteiger partial charge in [-0.2, -0.15) is 0 Å². The van der Waals surface area contributed by atoms with Crippen LogP contribution in [0.15, 0.2) is 24.3 Å². The van der Waals surface area contributed by atoms with Gasteiger partial charge >= 0.3 is 6.03 Å². The summed E-state index contributed by atoms with van der Waals surface area (Å²) in [4.78, 5) is 14.2. The van der Waals surface area contributed by atoms with Crippen LogP contribution < -0.4 is 5.32 Å². The fourth-order valence-electron chi connectivity index (χ4n) is 2.04. The zero-order valence-corrected chi connectivity index (χ0v) is 13.6. The molecule has 0 aliphatic carbocycles. The van der Waals surface area contributed by atoms with E-state index in [1.807, 2.05) is 49.9 Å². The summed E-state index contributed by atoms with van der Waals surface area (Å²) in [6.45, 7) is 9.66. The number of hydrogen-bond donors (Lipinski definition) is 1. The Morgan fingerprint density at radius 2 is 1.85 bits per heavy atom. The largest absolute Gasteiger partial charge is 0.329 e. The van der Waals surface area contributed by atoms with Crippen molar-refractivity contribution in [2.24, 2.45) is 0 Å². The van der Waals surface area contributed by atoms with Crippen molar-refractivity contribution in [1.29, 1.82) is 0 Å². The van der Waals surface area contributed by atoms with Crippen molar-refractivity contribution in [3.8, 4) is 0 Å². The summed E-state index contributed by atoms with van der Waals surface area (Å²) in [6.07, 6.45) is 2.12. The van der Waals surface area contributed by atoms with Crippen molar-refractivity contribution in [3.05, 3.63) is 34.9 Å². The summed E-state index contributed by atoms with van der Waals surface area (Å²) in [5.41, 5.74) is 0.628. The van der Waals surface area contributed by atoms with Gasteiger partial charge in [-0.25, -0.2) is 4.79 Å². The minimum absolute atomic E-state index is 0.0131. The third-order valence-corrected chi connectivity index (χ3v) is 3.69. The van der Waals surface area contributed by atoms with Crippen molar-refractivity contribution in [3.63, 3.8) is 0 Å². The van der Waals surface area contributed by atoms with E-state index in [0.717, 1.165) is 31.5 Å². The Labute approximate surface area is 127 Å². The van der Waals surface area contributed by atoms with Gasteiger partial charge in [0.05, 0.1) is 5.54 Å². The fraction of sp³-hybridized carbons (Fsp3) is 0.562. The lowest BCUT2D eigenvalue weighted by molar-refractivity contribution is 0.188. The second-order valence-electron chi connectivity index (χ2n) is 5.50. The number of amides is 2. The average Bonchev–Trinajstić information content (AvgIpc) is 2.39. The number of halogens is 1. The zero-order chi connectivity index (χ0) is 15.2. The molecule has 0 radical (unpaired) electrons. The van der Waals surface area contributed by atoms with E-state index in [-0.39, 0.29) is 6.03 Å². The highest BCUT2D eigenvalue weighted by Gasteiger charge is 2.24. The van der Waals surface area contributed by atoms with Crippen LogP contribution in [0, 0.1) is 0 Å². The summed E-state index contributed by atoms with van der Waals surface area (Å²) in [5, 5.41) is 3.80. The highest BCUT2D eigenvalue weighted by Crippen LogP contribution is 2.22. The van der Waals surface area contributed by atoms with Crippen molar-refractivity contribution in [1.82, 2.24) is 10.2 Å². The van der Waals surface area contributed by atoms with E-state index in [2.05, 4.69) is 12.2 Å². The number of benzene rings is 1. The Kier molecular flexibility index (Phi) is 6.34. The first kappa shape index (κ1) is 16.8. The van der Waals surface area contributed by atoms with Crippen LogP contribution in [-0.2, 0) is 5.54 Å². The summed E-state index contributed by atoms with van der Waals surface area (Å²) in [7, 11) is 0. The summed E-state index contributed by atoms with van der Waals surface area (Å²) in [6, 6.07) is 7.58. The quantitative estimate of drug-likeness (QED) is 0.829. The molecule has 3 nitrogen and oxygen atoms in total. The van der Waals surface area contributed by atoms with Crippen LogP contribution in [0.4, 0.5) is 4.79 Å². The van der Waals surface area contributed by atoms with Crippen LogP contribution >= 0.6 is 11.6 Å². The maximum atomic E-state index is 12.3. The molecule has 20 heavy (non-hydrogen) atoms. The van der Waals surface area contributed by atoms with Crippen LogP contribution in [0.25, 0.3) is 0 Å². The molecule has 1 aromatic carbocycles. The van der Waals surface area contributed by atoms with E-state index < -0.39 is 5.54 Å². The molecule has 0 aliphatic heterocycles. The molecule has 0 aromatic heterocycles. The van der Waals surface area contributed by atoms with Crippen LogP contribution in [0.3, 0.4) is 0 Å². The average molecular weight is 297 g/mol. The first-order valence-corrected chi connectivity index (χ1v) is 7.61. The van der Waals surface area contributed by atoms with Gasteiger partial charge in [-0.15, -0.1) is 0 Å². The van der Waals surface area contributed by atoms with Gasteiger partial charge in [0.1, 0.15) is 0 Å². The molecule has 0 aliphatic rings. The summed E-state index contributed by atoms with van der Waals surface area (Å²) in [5.74, 6) is 0. The number of hydrogen-bond acceptors (Lipinski definition) is 1. The molecule has 0 bridgehead atoms. The van der Waals surface area contributed by atoms with Gasteiger partial charge < -0.3 is 10.2 Å². The Bertz CT molecular complexity index is 429. The molecule has 0 saturated heterocycles. The molecule has 2 amide bonds. The number of carbonyl (C=O) groups is 1. The lowest BCUT2D eigenvalue weighted by Gasteiger charge is -2.31. The normalized spacial score (nSPS) is 11.2. The number of carbonyl (C=O) groups excluding carboxylic acids is 1. The van der Waals surface area contributed by atoms with Gasteiger partial charge in [0.25, 0.3) is 0 Å². The molecular weight excluding hydrogens is 272 g/mol. The summed E-state index contributed by atoms with van der Waals surface area (Å²) < 4.78 is 0. The van der Waals surface area contributed by atoms with Crippen LogP contribution in [-0.4, -0.2) is 24.0 Å². The Balaban J connectivity index is 2.73. The molecule has 0 saturated carbocycles. The maximum absolute atomic E-state index is 12.3. The van der Waals surface area contributed by atoms with Gasteiger partial charge in [-0.3, -0.25) is 0 Å². The van der Waals surface area contributed by atoms with E-state index in [4.69, 9.17) is 11.6 Å². The fourth-order valence-corrected chi connectivity index (χ4v) is 2.16. The molecule has 1 aromatic rings. The van der Waals surface area contributed by atoms with Crippen molar-refractivity contribution in [2.45, 2.75) is 46.1 Å². The molecule has 1 rings (SSSR count). The number of nitrogens with one attached hydrogen (secondary N) is 1. The third-order valence-electron chi connectivity index (χ3n) is 3.44. The molecule has 0 atom stereocenters. The monoisotopic (exact) mass is 296 g/mol. The lowest BCUT2D eigenvalue weighted by Crippen LogP contribution is -2.48. The minimum Gasteiger partial charge on any atom is -0.329 e. The van der Waals surface area contributed by atoms with Crippen LogP contribution in [0.1, 0.15) is 46.1 Å². The third kappa shape index (κ3) is 4.71. The smallest absolute Gasteiger partial charge is 0.318 e. The van der Waals surface area contributed by atoms with Crippen LogP contribution in [0.5, 0.6) is 0 Å². The second kappa shape index (κ2) is 7.53. The predicted octanol–water partition coefficient (Wildman–Crippen LogP) is 4.41. The molecule has 1 N–H and O–H groups in total. The second-order valence-corrected chi connectivity index (χ2v) is 5.93. The molecule has 4 heteroatoms. The van der Waals surface area contributed by atoms with Gasteiger partial charge in [0, 0.05) is 18.1 Å². The molecular formula is C16H25ClN2O. The zero-order valence-electron chi connectivity index (χ0n) is 12.9. The number of nitrogens with zero attached hydrogens (tertiary/aromatic N) is 1. The first-order valence-electron chi connectivity index (χ1n) is 7.23. The summed E-state index contributed by atoms with van der Waals surface area (Å²) >= 11 is 5.90. The Morgan fingerprint density at radius 1 is 1.25 bits per heavy atom. The van der Waals surface area contributed by atoms with Crippen molar-refractivity contribution >= 4 is 17.6 Å². The van der Waals surface area contributed by atoms with Crippen LogP contribution in [0.2, 0.25) is 5.02 Å². The number of rotatable bonds is 6. The highest BCUT2D eigenvalue weighted by molar-refractivity contribution is 6.30. The van der Waals surface area contributed by atoms with E-state index in [0.29, 0.717) is 5.02 Å². The van der Waals surface area contributed by atoms with E-state index in [9.17, 15) is 4.79 Å². The van der Waals surface area contributed by atoms with Gasteiger partial charge in [0.15, 0.2) is 0 Å². The Hall–Kier alpha value is -1.22. The van der Waals surface area contributed by atoms with Gasteiger partial charge in [-0.1, -0.05) is 37.1 Å². The van der Waals surface area contributed by atoms with Crippen molar-refractivity contribution < 1.29 is 4.79 Å². The standard InChI is InChI=1S/C16H25ClN2O/c1-5-7-12-19(6-2)15(20)18-16(3,4)13-8-10-14(17)11-9-13/h8-11H,5-7,12H2,1-4H3,(H,18,20). The molecule has 0 spiro atoms. The molecule has 0 fully saturated rings. The number of unbranched alkanes of at least 4 members (excludes halogenated alkanes) is 1. The van der Waals surface area contributed by atoms with E-state index in [1.165, 1.54) is 0 Å². The molecule has 0 unspecified atom stereocenters. The SMILES string of the molecule is CCCCN(CC)C(=O)NC(C)(C)c1ccc(Cl)cc1. The lowest BCUT2D eigenvalue weighted by atomic mass is 9.94. The van der Waals surface area contributed by atoms with E-state index >= 15 is 0 Å². The first-order chi connectivity index (χ1) is 9.40. The predicted molar refractivity (Wildman–Crippen MR) is 85.2 cm³/mol. The Morgan fingerprint density at radius 3 is 2.35 bits per heavy atom. The minimum atomic E-state index is -0.415. The molecule has 0 heterocycles. The van der Waals surface area contributed by atoms with Gasteiger partial charge in [0.2, 0.25) is 0 Å². The molecule has 112 valence electrons. The van der Waals surface area contributed by atoms with Gasteiger partial charge in [-0.05, 0) is 44.9 Å².